The molecule has 3 rings (SSSR count). The van der Waals surface area contributed by atoms with Gasteiger partial charge in [0.15, 0.2) is 5.84 Å². The van der Waals surface area contributed by atoms with E-state index in [1.165, 1.54) is 11.3 Å². The van der Waals surface area contributed by atoms with Crippen LogP contribution in [0.1, 0.15) is 20.8 Å². The Balaban J connectivity index is 1.74. The van der Waals surface area contributed by atoms with Gasteiger partial charge in [-0.05, 0) is 41.3 Å². The van der Waals surface area contributed by atoms with Gasteiger partial charge in [-0.25, -0.2) is 4.79 Å². The van der Waals surface area contributed by atoms with E-state index in [0.717, 1.165) is 5.56 Å². The van der Waals surface area contributed by atoms with Gasteiger partial charge in [-0.15, -0.1) is 11.3 Å². The molecule has 0 spiro atoms. The first kappa shape index (κ1) is 21.1. The van der Waals surface area contributed by atoms with E-state index in [4.69, 9.17) is 15.3 Å². The van der Waals surface area contributed by atoms with Crippen molar-refractivity contribution in [3.8, 4) is 5.75 Å². The number of benzene rings is 2. The Morgan fingerprint density at radius 2 is 1.80 bits per heavy atom. The SMILES string of the molecule is COc1ccc(C(=O)N[C@@H](Cc2ccccc2)C(=O)O/N=C(/N)c2cccs2)cc1. The first-order chi connectivity index (χ1) is 14.6. The summed E-state index contributed by atoms with van der Waals surface area (Å²) < 4.78 is 5.10. The maximum atomic E-state index is 12.7. The van der Waals surface area contributed by atoms with Gasteiger partial charge in [0.05, 0.1) is 12.0 Å². The third-order valence-electron chi connectivity index (χ3n) is 4.23. The second-order valence-electron chi connectivity index (χ2n) is 6.31. The van der Waals surface area contributed by atoms with E-state index in [1.807, 2.05) is 41.8 Å². The third kappa shape index (κ3) is 5.68. The molecule has 1 amide bonds. The van der Waals surface area contributed by atoms with Gasteiger partial charge in [0.2, 0.25) is 0 Å². The minimum atomic E-state index is -0.943. The van der Waals surface area contributed by atoms with Crippen LogP contribution in [0.4, 0.5) is 0 Å². The molecule has 0 radical (unpaired) electrons. The number of carbonyl (C=O) groups excluding carboxylic acids is 2. The Labute approximate surface area is 178 Å². The molecule has 0 bridgehead atoms. The fraction of sp³-hybridized carbons (Fsp3) is 0.136. The van der Waals surface area contributed by atoms with E-state index < -0.39 is 17.9 Å². The van der Waals surface area contributed by atoms with Crippen LogP contribution in [0.5, 0.6) is 5.75 Å². The van der Waals surface area contributed by atoms with Crippen molar-refractivity contribution < 1.29 is 19.2 Å². The molecule has 0 saturated heterocycles. The number of nitrogens with zero attached hydrogens (tertiary/aromatic N) is 1. The summed E-state index contributed by atoms with van der Waals surface area (Å²) in [5.74, 6) is -0.394. The largest absolute Gasteiger partial charge is 0.497 e. The normalized spacial score (nSPS) is 12.1. The Bertz CT molecular complexity index is 1000. The van der Waals surface area contributed by atoms with Crippen LogP contribution in [0.25, 0.3) is 0 Å². The first-order valence-corrected chi connectivity index (χ1v) is 10.0. The Hall–Kier alpha value is -3.65. The number of hydrogen-bond acceptors (Lipinski definition) is 6. The number of amidine groups is 1. The van der Waals surface area contributed by atoms with Crippen molar-refractivity contribution in [2.24, 2.45) is 10.9 Å². The second-order valence-corrected chi connectivity index (χ2v) is 7.26. The summed E-state index contributed by atoms with van der Waals surface area (Å²) in [7, 11) is 1.55. The highest BCUT2D eigenvalue weighted by atomic mass is 32.1. The van der Waals surface area contributed by atoms with E-state index in [-0.39, 0.29) is 12.3 Å². The lowest BCUT2D eigenvalue weighted by atomic mass is 10.1. The molecule has 7 nitrogen and oxygen atoms in total. The van der Waals surface area contributed by atoms with E-state index in [0.29, 0.717) is 16.2 Å². The molecule has 154 valence electrons. The summed E-state index contributed by atoms with van der Waals surface area (Å²) in [6, 6.07) is 18.5. The summed E-state index contributed by atoms with van der Waals surface area (Å²) in [6.45, 7) is 0. The fourth-order valence-corrected chi connectivity index (χ4v) is 3.27. The lowest BCUT2D eigenvalue weighted by molar-refractivity contribution is -0.145. The van der Waals surface area contributed by atoms with Gasteiger partial charge in [0.1, 0.15) is 11.8 Å². The van der Waals surface area contributed by atoms with E-state index in [9.17, 15) is 9.59 Å². The number of carbonyl (C=O) groups is 2. The molecule has 0 fully saturated rings. The molecule has 3 aromatic rings. The van der Waals surface area contributed by atoms with Crippen molar-refractivity contribution in [3.63, 3.8) is 0 Å². The van der Waals surface area contributed by atoms with Crippen molar-refractivity contribution in [2.75, 3.05) is 7.11 Å². The number of methoxy groups -OCH3 is 1. The Morgan fingerprint density at radius 3 is 2.43 bits per heavy atom. The van der Waals surface area contributed by atoms with Crippen LogP contribution in [0.15, 0.2) is 77.3 Å². The highest BCUT2D eigenvalue weighted by molar-refractivity contribution is 7.12. The van der Waals surface area contributed by atoms with Crippen molar-refractivity contribution in [2.45, 2.75) is 12.5 Å². The van der Waals surface area contributed by atoms with Gasteiger partial charge < -0.3 is 20.6 Å². The number of ether oxygens (including phenoxy) is 1. The van der Waals surface area contributed by atoms with E-state index in [2.05, 4.69) is 10.5 Å². The molecular formula is C22H21N3O4S. The Morgan fingerprint density at radius 1 is 1.07 bits per heavy atom. The van der Waals surface area contributed by atoms with E-state index in [1.54, 1.807) is 37.4 Å². The summed E-state index contributed by atoms with van der Waals surface area (Å²) in [6.07, 6.45) is 0.246. The lowest BCUT2D eigenvalue weighted by Gasteiger charge is -2.16. The number of thiophene rings is 1. The summed E-state index contributed by atoms with van der Waals surface area (Å²) >= 11 is 1.38. The number of hydrogen-bond donors (Lipinski definition) is 2. The molecule has 0 saturated carbocycles. The van der Waals surface area contributed by atoms with Gasteiger partial charge in [-0.2, -0.15) is 0 Å². The summed E-state index contributed by atoms with van der Waals surface area (Å²) in [5, 5.41) is 8.28. The molecule has 30 heavy (non-hydrogen) atoms. The zero-order chi connectivity index (χ0) is 21.3. The molecule has 8 heteroatoms. The zero-order valence-electron chi connectivity index (χ0n) is 16.3. The van der Waals surface area contributed by atoms with Gasteiger partial charge in [0, 0.05) is 12.0 Å². The number of oxime groups is 1. The zero-order valence-corrected chi connectivity index (χ0v) is 17.1. The van der Waals surface area contributed by atoms with Crippen LogP contribution in [0, 0.1) is 0 Å². The number of rotatable bonds is 8. The van der Waals surface area contributed by atoms with Crippen LogP contribution in [0.2, 0.25) is 0 Å². The molecule has 0 aliphatic heterocycles. The fourth-order valence-electron chi connectivity index (χ4n) is 2.65. The van der Waals surface area contributed by atoms with Crippen molar-refractivity contribution in [1.29, 1.82) is 0 Å². The minimum absolute atomic E-state index is 0.0956. The van der Waals surface area contributed by atoms with Crippen LogP contribution in [0.3, 0.4) is 0 Å². The molecule has 0 aliphatic rings. The third-order valence-corrected chi connectivity index (χ3v) is 5.12. The van der Waals surface area contributed by atoms with Crippen molar-refractivity contribution in [1.82, 2.24) is 5.32 Å². The molecule has 3 N–H and O–H groups in total. The van der Waals surface area contributed by atoms with Crippen molar-refractivity contribution >= 4 is 29.0 Å². The summed E-state index contributed by atoms with van der Waals surface area (Å²) in [4.78, 5) is 31.0. The number of nitrogens with two attached hydrogens (primary N) is 1. The monoisotopic (exact) mass is 423 g/mol. The second kappa shape index (κ2) is 10.2. The predicted molar refractivity (Wildman–Crippen MR) is 116 cm³/mol. The smallest absolute Gasteiger partial charge is 0.357 e. The van der Waals surface area contributed by atoms with Gasteiger partial charge in [-0.1, -0.05) is 41.6 Å². The molecule has 1 atom stereocenters. The van der Waals surface area contributed by atoms with Crippen LogP contribution >= 0.6 is 11.3 Å². The van der Waals surface area contributed by atoms with Crippen molar-refractivity contribution in [3.05, 3.63) is 88.1 Å². The first-order valence-electron chi connectivity index (χ1n) is 9.14. The quantitative estimate of drug-likeness (QED) is 0.251. The number of amides is 1. The van der Waals surface area contributed by atoms with Crippen LogP contribution in [-0.2, 0) is 16.1 Å². The average Bonchev–Trinajstić information content (AvgIpc) is 3.32. The molecule has 0 aliphatic carbocycles. The average molecular weight is 423 g/mol. The maximum absolute atomic E-state index is 12.7. The Kier molecular flexibility index (Phi) is 7.18. The van der Waals surface area contributed by atoms with Gasteiger partial charge in [-0.3, -0.25) is 4.79 Å². The molecule has 1 aromatic heterocycles. The standard InChI is InChI=1S/C22H21N3O4S/c1-28-17-11-9-16(10-12-17)21(26)24-18(14-15-6-3-2-4-7-15)22(27)29-25-20(23)19-8-5-13-30-19/h2-13,18H,14H2,1H3,(H2,23,25)(H,24,26)/t18-/m0/s1. The minimum Gasteiger partial charge on any atom is -0.497 e. The van der Waals surface area contributed by atoms with Crippen LogP contribution < -0.4 is 15.8 Å². The van der Waals surface area contributed by atoms with Crippen LogP contribution in [-0.4, -0.2) is 30.9 Å². The maximum Gasteiger partial charge on any atom is 0.357 e. The van der Waals surface area contributed by atoms with Gasteiger partial charge >= 0.3 is 5.97 Å². The van der Waals surface area contributed by atoms with E-state index >= 15 is 0 Å². The molecule has 0 unspecified atom stereocenters. The summed E-state index contributed by atoms with van der Waals surface area (Å²) in [5.41, 5.74) is 7.10. The highest BCUT2D eigenvalue weighted by Crippen LogP contribution is 2.13. The molecular weight excluding hydrogens is 402 g/mol. The predicted octanol–water partition coefficient (Wildman–Crippen LogP) is 2.96. The molecule has 1 heterocycles. The lowest BCUT2D eigenvalue weighted by Crippen LogP contribution is -2.43. The highest BCUT2D eigenvalue weighted by Gasteiger charge is 2.24. The molecule has 2 aromatic carbocycles. The number of nitrogens with one attached hydrogen (secondary N) is 1. The topological polar surface area (TPSA) is 103 Å². The van der Waals surface area contributed by atoms with Gasteiger partial charge in [0.25, 0.3) is 5.91 Å².